The minimum Gasteiger partial charge on any atom is -0.223 e. The number of alkyl halides is 3. The van der Waals surface area contributed by atoms with E-state index in [-0.39, 0.29) is 10.8 Å². The van der Waals surface area contributed by atoms with E-state index >= 15 is 0 Å². The lowest BCUT2D eigenvalue weighted by Crippen LogP contribution is -2.43. The molecule has 2 nitrogen and oxygen atoms in total. The second-order valence-electron chi connectivity index (χ2n) is 5.76. The number of hydrogen-bond donors (Lipinski definition) is 0. The van der Waals surface area contributed by atoms with Crippen molar-refractivity contribution in [1.29, 1.82) is 0 Å². The molecule has 112 valence electrons. The molecule has 0 aliphatic heterocycles. The highest BCUT2D eigenvalue weighted by Crippen LogP contribution is 2.43. The Morgan fingerprint density at radius 2 is 1.75 bits per heavy atom. The summed E-state index contributed by atoms with van der Waals surface area (Å²) in [5.74, 6) is 0.0158. The van der Waals surface area contributed by atoms with Gasteiger partial charge in [-0.3, -0.25) is 0 Å². The molecule has 0 aromatic heterocycles. The number of hydrogen-bond acceptors (Lipinski definition) is 2. The van der Waals surface area contributed by atoms with E-state index in [1.165, 1.54) is 6.07 Å². The van der Waals surface area contributed by atoms with Crippen molar-refractivity contribution in [3.63, 3.8) is 0 Å². The van der Waals surface area contributed by atoms with Gasteiger partial charge in [0, 0.05) is 0 Å². The molecule has 0 saturated heterocycles. The van der Waals surface area contributed by atoms with Crippen molar-refractivity contribution in [2.75, 3.05) is 0 Å². The van der Waals surface area contributed by atoms with Gasteiger partial charge < -0.3 is 0 Å². The molecule has 1 aromatic rings. The first-order valence-corrected chi connectivity index (χ1v) is 7.97. The molecule has 0 spiro atoms. The van der Waals surface area contributed by atoms with Crippen molar-refractivity contribution >= 4 is 9.84 Å². The van der Waals surface area contributed by atoms with E-state index in [2.05, 4.69) is 0 Å². The van der Waals surface area contributed by atoms with Crippen LogP contribution in [0, 0.1) is 5.92 Å². The molecule has 1 saturated carbocycles. The SMILES string of the molecule is CC(C)(C1CCC1)S(=O)(=O)c1cccc(C(F)(F)F)c1. The monoisotopic (exact) mass is 306 g/mol. The highest BCUT2D eigenvalue weighted by Gasteiger charge is 2.45. The first-order valence-electron chi connectivity index (χ1n) is 6.49. The van der Waals surface area contributed by atoms with Crippen LogP contribution in [0.1, 0.15) is 38.7 Å². The summed E-state index contributed by atoms with van der Waals surface area (Å²) >= 11 is 0. The molecule has 6 heteroatoms. The van der Waals surface area contributed by atoms with Crippen LogP contribution >= 0.6 is 0 Å². The van der Waals surface area contributed by atoms with E-state index in [4.69, 9.17) is 0 Å². The molecular weight excluding hydrogens is 289 g/mol. The highest BCUT2D eigenvalue weighted by atomic mass is 32.2. The molecule has 2 rings (SSSR count). The molecule has 1 aliphatic carbocycles. The minimum absolute atomic E-state index is 0.0158. The second-order valence-corrected chi connectivity index (χ2v) is 8.29. The van der Waals surface area contributed by atoms with Gasteiger partial charge in [-0.15, -0.1) is 0 Å². The Kier molecular flexibility index (Phi) is 3.65. The van der Waals surface area contributed by atoms with Crippen LogP contribution in [0.2, 0.25) is 0 Å². The summed E-state index contributed by atoms with van der Waals surface area (Å²) in [6.07, 6.45) is -1.94. The largest absolute Gasteiger partial charge is 0.416 e. The summed E-state index contributed by atoms with van der Waals surface area (Å²) in [5.41, 5.74) is -0.928. The third-order valence-corrected chi connectivity index (χ3v) is 6.85. The van der Waals surface area contributed by atoms with Crippen molar-refractivity contribution in [3.05, 3.63) is 29.8 Å². The average molecular weight is 306 g/mol. The zero-order chi connectivity index (χ0) is 15.2. The predicted octanol–water partition coefficient (Wildman–Crippen LogP) is 4.06. The van der Waals surface area contributed by atoms with Gasteiger partial charge in [0.25, 0.3) is 0 Å². The van der Waals surface area contributed by atoms with Crippen LogP contribution in [0.25, 0.3) is 0 Å². The zero-order valence-electron chi connectivity index (χ0n) is 11.4. The topological polar surface area (TPSA) is 34.1 Å². The first kappa shape index (κ1) is 15.4. The van der Waals surface area contributed by atoms with Gasteiger partial charge in [0.1, 0.15) is 0 Å². The lowest BCUT2D eigenvalue weighted by atomic mass is 9.77. The number of halogens is 3. The Morgan fingerprint density at radius 3 is 2.20 bits per heavy atom. The molecule has 0 bridgehead atoms. The Balaban J connectivity index is 2.44. The Hall–Kier alpha value is -1.04. The van der Waals surface area contributed by atoms with Crippen LogP contribution in [-0.2, 0) is 16.0 Å². The fourth-order valence-corrected chi connectivity index (χ4v) is 4.29. The van der Waals surface area contributed by atoms with Gasteiger partial charge in [-0.25, -0.2) is 8.42 Å². The highest BCUT2D eigenvalue weighted by molar-refractivity contribution is 7.92. The zero-order valence-corrected chi connectivity index (χ0v) is 12.2. The van der Waals surface area contributed by atoms with E-state index in [1.807, 2.05) is 0 Å². The van der Waals surface area contributed by atoms with Crippen LogP contribution in [0.3, 0.4) is 0 Å². The minimum atomic E-state index is -4.54. The third-order valence-electron chi connectivity index (χ3n) is 4.25. The quantitative estimate of drug-likeness (QED) is 0.844. The van der Waals surface area contributed by atoms with Crippen molar-refractivity contribution in [3.8, 4) is 0 Å². The molecular formula is C14H17F3O2S. The summed E-state index contributed by atoms with van der Waals surface area (Å²) < 4.78 is 62.2. The molecule has 1 aromatic carbocycles. The maximum Gasteiger partial charge on any atom is 0.416 e. The van der Waals surface area contributed by atoms with Gasteiger partial charge in [0.05, 0.1) is 15.2 Å². The summed E-state index contributed by atoms with van der Waals surface area (Å²) in [7, 11) is -3.78. The van der Waals surface area contributed by atoms with Gasteiger partial charge in [-0.05, 0) is 50.8 Å². The third kappa shape index (κ3) is 2.45. The molecule has 1 aliphatic rings. The van der Waals surface area contributed by atoms with Crippen LogP contribution < -0.4 is 0 Å². The van der Waals surface area contributed by atoms with E-state index in [1.54, 1.807) is 13.8 Å². The molecule has 0 N–H and O–H groups in total. The van der Waals surface area contributed by atoms with Gasteiger partial charge in [0.15, 0.2) is 9.84 Å². The first-order chi connectivity index (χ1) is 9.07. The Morgan fingerprint density at radius 1 is 1.15 bits per heavy atom. The fraction of sp³-hybridized carbons (Fsp3) is 0.571. The smallest absolute Gasteiger partial charge is 0.223 e. The van der Waals surface area contributed by atoms with Crippen LogP contribution in [0.15, 0.2) is 29.2 Å². The van der Waals surface area contributed by atoms with Crippen LogP contribution in [0.5, 0.6) is 0 Å². The summed E-state index contributed by atoms with van der Waals surface area (Å²) in [6, 6.07) is 4.00. The number of sulfone groups is 1. The molecule has 0 atom stereocenters. The van der Waals surface area contributed by atoms with E-state index in [0.29, 0.717) is 0 Å². The van der Waals surface area contributed by atoms with Crippen LogP contribution in [-0.4, -0.2) is 13.2 Å². The lowest BCUT2D eigenvalue weighted by molar-refractivity contribution is -0.137. The maximum atomic E-state index is 12.7. The van der Waals surface area contributed by atoms with E-state index < -0.39 is 26.3 Å². The van der Waals surface area contributed by atoms with Crippen molar-refractivity contribution in [2.24, 2.45) is 5.92 Å². The van der Waals surface area contributed by atoms with Crippen LogP contribution in [0.4, 0.5) is 13.2 Å². The molecule has 0 unspecified atom stereocenters. The molecule has 20 heavy (non-hydrogen) atoms. The molecule has 1 fully saturated rings. The molecule has 0 radical (unpaired) electrons. The van der Waals surface area contributed by atoms with Crippen molar-refractivity contribution in [1.82, 2.24) is 0 Å². The summed E-state index contributed by atoms with van der Waals surface area (Å²) in [4.78, 5) is -0.246. The summed E-state index contributed by atoms with van der Waals surface area (Å²) in [5, 5.41) is 0. The average Bonchev–Trinajstić information content (AvgIpc) is 2.24. The Labute approximate surface area is 116 Å². The lowest BCUT2D eigenvalue weighted by Gasteiger charge is -2.39. The van der Waals surface area contributed by atoms with E-state index in [0.717, 1.165) is 37.5 Å². The van der Waals surface area contributed by atoms with Crippen molar-refractivity contribution in [2.45, 2.75) is 48.9 Å². The fourth-order valence-electron chi connectivity index (χ4n) is 2.47. The normalized spacial score (nSPS) is 17.9. The molecule has 0 amide bonds. The Bertz CT molecular complexity index is 599. The van der Waals surface area contributed by atoms with Gasteiger partial charge in [-0.1, -0.05) is 12.5 Å². The van der Waals surface area contributed by atoms with Gasteiger partial charge in [-0.2, -0.15) is 13.2 Å². The standard InChI is InChI=1S/C14H17F3O2S/c1-13(2,10-5-3-6-10)20(18,19)12-8-4-7-11(9-12)14(15,16)17/h4,7-10H,3,5-6H2,1-2H3. The number of benzene rings is 1. The van der Waals surface area contributed by atoms with E-state index in [9.17, 15) is 21.6 Å². The van der Waals surface area contributed by atoms with Gasteiger partial charge in [0.2, 0.25) is 0 Å². The second kappa shape index (κ2) is 4.76. The van der Waals surface area contributed by atoms with Gasteiger partial charge >= 0.3 is 6.18 Å². The summed E-state index contributed by atoms with van der Waals surface area (Å²) in [6.45, 7) is 3.21. The predicted molar refractivity (Wildman–Crippen MR) is 70.0 cm³/mol. The molecule has 0 heterocycles. The van der Waals surface area contributed by atoms with Crippen molar-refractivity contribution < 1.29 is 21.6 Å². The maximum absolute atomic E-state index is 12.7. The number of rotatable bonds is 3.